The number of anilines is 1. The Balaban J connectivity index is 2.60. The van der Waals surface area contributed by atoms with E-state index in [0.29, 0.717) is 11.3 Å². The van der Waals surface area contributed by atoms with E-state index in [9.17, 15) is 14.4 Å². The first-order valence-electron chi connectivity index (χ1n) is 6.64. The highest BCUT2D eigenvalue weighted by Gasteiger charge is 2.14. The second-order valence-corrected chi connectivity index (χ2v) is 5.74. The molecule has 0 unspecified atom stereocenters. The van der Waals surface area contributed by atoms with Gasteiger partial charge < -0.3 is 16.0 Å². The Morgan fingerprint density at radius 2 is 1.81 bits per heavy atom. The van der Waals surface area contributed by atoms with E-state index >= 15 is 0 Å². The Bertz CT molecular complexity index is 547. The van der Waals surface area contributed by atoms with Crippen molar-refractivity contribution in [1.82, 2.24) is 10.6 Å². The lowest BCUT2D eigenvalue weighted by molar-refractivity contribution is -0.121. The van der Waals surface area contributed by atoms with Crippen molar-refractivity contribution >= 4 is 23.4 Å². The van der Waals surface area contributed by atoms with Crippen LogP contribution < -0.4 is 16.0 Å². The third-order valence-corrected chi connectivity index (χ3v) is 2.37. The Labute approximate surface area is 124 Å². The number of benzene rings is 1. The standard InChI is InChI=1S/C15H21N3O3/c1-10(19)17-12-7-5-6-11(8-12)14(21)16-9-13(20)18-15(2,3)4/h5-8H,9H2,1-4H3,(H,16,21)(H,17,19)(H,18,20). The van der Waals surface area contributed by atoms with Crippen LogP contribution in [-0.4, -0.2) is 29.8 Å². The fraction of sp³-hybridized carbons (Fsp3) is 0.400. The molecular formula is C15H21N3O3. The fourth-order valence-electron chi connectivity index (χ4n) is 1.67. The molecule has 0 saturated carbocycles. The second-order valence-electron chi connectivity index (χ2n) is 5.74. The van der Waals surface area contributed by atoms with E-state index in [-0.39, 0.29) is 29.8 Å². The third-order valence-electron chi connectivity index (χ3n) is 2.37. The maximum atomic E-state index is 11.9. The van der Waals surface area contributed by atoms with Gasteiger partial charge in [-0.2, -0.15) is 0 Å². The summed E-state index contributed by atoms with van der Waals surface area (Å²) in [4.78, 5) is 34.6. The Hall–Kier alpha value is -2.37. The molecule has 0 aliphatic rings. The molecule has 0 heterocycles. The quantitative estimate of drug-likeness (QED) is 0.781. The SMILES string of the molecule is CC(=O)Nc1cccc(C(=O)NCC(=O)NC(C)(C)C)c1. The normalized spacial score (nSPS) is 10.7. The van der Waals surface area contributed by atoms with Crippen molar-refractivity contribution in [3.63, 3.8) is 0 Å². The van der Waals surface area contributed by atoms with Gasteiger partial charge in [0.1, 0.15) is 0 Å². The van der Waals surface area contributed by atoms with E-state index in [0.717, 1.165) is 0 Å². The van der Waals surface area contributed by atoms with Crippen LogP contribution in [0.1, 0.15) is 38.1 Å². The van der Waals surface area contributed by atoms with Gasteiger partial charge in [-0.05, 0) is 39.0 Å². The van der Waals surface area contributed by atoms with Crippen molar-refractivity contribution in [2.75, 3.05) is 11.9 Å². The Morgan fingerprint density at radius 1 is 1.14 bits per heavy atom. The summed E-state index contributed by atoms with van der Waals surface area (Å²) in [5.74, 6) is -0.836. The minimum Gasteiger partial charge on any atom is -0.350 e. The molecule has 0 bridgehead atoms. The summed E-state index contributed by atoms with van der Waals surface area (Å²) >= 11 is 0. The highest BCUT2D eigenvalue weighted by Crippen LogP contribution is 2.10. The topological polar surface area (TPSA) is 87.3 Å². The van der Waals surface area contributed by atoms with E-state index in [2.05, 4.69) is 16.0 Å². The molecule has 6 nitrogen and oxygen atoms in total. The van der Waals surface area contributed by atoms with Gasteiger partial charge in [-0.1, -0.05) is 6.07 Å². The lowest BCUT2D eigenvalue weighted by atomic mass is 10.1. The van der Waals surface area contributed by atoms with Crippen LogP contribution in [0.4, 0.5) is 5.69 Å². The molecule has 0 aliphatic heterocycles. The summed E-state index contributed by atoms with van der Waals surface area (Å²) in [6.45, 7) is 6.89. The van der Waals surface area contributed by atoms with Crippen LogP contribution in [0, 0.1) is 0 Å². The van der Waals surface area contributed by atoms with E-state index < -0.39 is 0 Å². The van der Waals surface area contributed by atoms with Gasteiger partial charge in [-0.3, -0.25) is 14.4 Å². The van der Waals surface area contributed by atoms with Crippen molar-refractivity contribution in [1.29, 1.82) is 0 Å². The zero-order valence-corrected chi connectivity index (χ0v) is 12.7. The minimum absolute atomic E-state index is 0.0968. The summed E-state index contributed by atoms with van der Waals surface area (Å²) in [5, 5.41) is 7.89. The molecule has 0 atom stereocenters. The average molecular weight is 291 g/mol. The predicted octanol–water partition coefficient (Wildman–Crippen LogP) is 1.29. The largest absolute Gasteiger partial charge is 0.350 e. The number of rotatable bonds is 4. The molecule has 0 spiro atoms. The highest BCUT2D eigenvalue weighted by atomic mass is 16.2. The molecule has 3 amide bonds. The molecule has 0 aliphatic carbocycles. The van der Waals surface area contributed by atoms with Crippen molar-refractivity contribution in [3.8, 4) is 0 Å². The minimum atomic E-state index is -0.369. The summed E-state index contributed by atoms with van der Waals surface area (Å²) in [6.07, 6.45) is 0. The van der Waals surface area contributed by atoms with E-state index in [1.165, 1.54) is 6.92 Å². The van der Waals surface area contributed by atoms with Gasteiger partial charge in [0.2, 0.25) is 11.8 Å². The van der Waals surface area contributed by atoms with Crippen molar-refractivity contribution in [2.24, 2.45) is 0 Å². The lowest BCUT2D eigenvalue weighted by Crippen LogP contribution is -2.45. The fourth-order valence-corrected chi connectivity index (χ4v) is 1.67. The van der Waals surface area contributed by atoms with Gasteiger partial charge in [0.15, 0.2) is 0 Å². The molecule has 6 heteroatoms. The van der Waals surface area contributed by atoms with E-state index in [1.54, 1.807) is 24.3 Å². The second kappa shape index (κ2) is 6.88. The Kier molecular flexibility index (Phi) is 5.46. The van der Waals surface area contributed by atoms with Crippen molar-refractivity contribution in [2.45, 2.75) is 33.2 Å². The van der Waals surface area contributed by atoms with Gasteiger partial charge in [0.05, 0.1) is 6.54 Å². The summed E-state index contributed by atoms with van der Waals surface area (Å²) in [7, 11) is 0. The first-order chi connectivity index (χ1) is 9.67. The van der Waals surface area contributed by atoms with E-state index in [4.69, 9.17) is 0 Å². The van der Waals surface area contributed by atoms with Gasteiger partial charge in [0, 0.05) is 23.7 Å². The van der Waals surface area contributed by atoms with E-state index in [1.807, 2.05) is 20.8 Å². The number of nitrogens with one attached hydrogen (secondary N) is 3. The van der Waals surface area contributed by atoms with Crippen LogP contribution in [-0.2, 0) is 9.59 Å². The summed E-state index contributed by atoms with van der Waals surface area (Å²) in [6, 6.07) is 6.51. The van der Waals surface area contributed by atoms with Gasteiger partial charge >= 0.3 is 0 Å². The van der Waals surface area contributed by atoms with Gasteiger partial charge in [-0.15, -0.1) is 0 Å². The van der Waals surface area contributed by atoms with Crippen molar-refractivity contribution in [3.05, 3.63) is 29.8 Å². The number of hydrogen-bond acceptors (Lipinski definition) is 3. The van der Waals surface area contributed by atoms with Gasteiger partial charge in [-0.25, -0.2) is 0 Å². The highest BCUT2D eigenvalue weighted by molar-refractivity contribution is 5.98. The number of amides is 3. The molecule has 21 heavy (non-hydrogen) atoms. The maximum Gasteiger partial charge on any atom is 0.251 e. The predicted molar refractivity (Wildman–Crippen MR) is 81.0 cm³/mol. The molecule has 0 radical (unpaired) electrons. The van der Waals surface area contributed by atoms with Crippen molar-refractivity contribution < 1.29 is 14.4 Å². The molecule has 0 saturated heterocycles. The number of carbonyl (C=O) groups excluding carboxylic acids is 3. The first kappa shape index (κ1) is 16.7. The number of carbonyl (C=O) groups is 3. The molecule has 114 valence electrons. The number of hydrogen-bond donors (Lipinski definition) is 3. The monoisotopic (exact) mass is 291 g/mol. The van der Waals surface area contributed by atoms with Crippen LogP contribution in [0.25, 0.3) is 0 Å². The van der Waals surface area contributed by atoms with Crippen LogP contribution in [0.3, 0.4) is 0 Å². The molecule has 1 aromatic carbocycles. The maximum absolute atomic E-state index is 11.9. The summed E-state index contributed by atoms with van der Waals surface area (Å²) in [5.41, 5.74) is 0.576. The molecule has 0 aromatic heterocycles. The molecule has 3 N–H and O–H groups in total. The Morgan fingerprint density at radius 3 is 2.38 bits per heavy atom. The molecular weight excluding hydrogens is 270 g/mol. The lowest BCUT2D eigenvalue weighted by Gasteiger charge is -2.20. The zero-order chi connectivity index (χ0) is 16.0. The summed E-state index contributed by atoms with van der Waals surface area (Å²) < 4.78 is 0. The first-order valence-corrected chi connectivity index (χ1v) is 6.64. The van der Waals surface area contributed by atoms with Crippen LogP contribution in [0.5, 0.6) is 0 Å². The van der Waals surface area contributed by atoms with Crippen LogP contribution in [0.15, 0.2) is 24.3 Å². The third kappa shape index (κ3) is 6.56. The van der Waals surface area contributed by atoms with Crippen LogP contribution in [0.2, 0.25) is 0 Å². The molecule has 0 fully saturated rings. The van der Waals surface area contributed by atoms with Gasteiger partial charge in [0.25, 0.3) is 5.91 Å². The smallest absolute Gasteiger partial charge is 0.251 e. The average Bonchev–Trinajstić information content (AvgIpc) is 2.33. The van der Waals surface area contributed by atoms with Crippen LogP contribution >= 0.6 is 0 Å². The zero-order valence-electron chi connectivity index (χ0n) is 12.7. The molecule has 1 aromatic rings. The molecule has 1 rings (SSSR count).